The largest absolute Gasteiger partial charge is 0.395 e. The van der Waals surface area contributed by atoms with Crippen LogP contribution in [-0.4, -0.2) is 47.9 Å². The number of hydrogen-bond donors (Lipinski definition) is 3. The summed E-state index contributed by atoms with van der Waals surface area (Å²) in [6.07, 6.45) is 0.903. The van der Waals surface area contributed by atoms with Crippen molar-refractivity contribution in [1.82, 2.24) is 15.6 Å². The number of ether oxygens (including phenoxy) is 1. The summed E-state index contributed by atoms with van der Waals surface area (Å²) < 4.78 is 5.49. The van der Waals surface area contributed by atoms with Crippen LogP contribution in [0.25, 0.3) is 0 Å². The molecule has 1 fully saturated rings. The highest BCUT2D eigenvalue weighted by molar-refractivity contribution is 6.36. The van der Waals surface area contributed by atoms with Crippen LogP contribution in [0, 0.1) is 6.92 Å². The van der Waals surface area contributed by atoms with Crippen molar-refractivity contribution in [3.8, 4) is 0 Å². The molecule has 1 aliphatic heterocycles. The first-order chi connectivity index (χ1) is 10.8. The Morgan fingerprint density at radius 3 is 2.83 bits per heavy atom. The first kappa shape index (κ1) is 18.4. The average molecular weight is 362 g/mol. The standard InChI is InChI=1S/C15H21Cl2N3O3/c1-8-10(16)4-19-13(12(8)17)15(2,3)20-14(22)11-5-18-9(6-21)7-23-11/h4,9,11,18,21H,5-7H2,1-3H3,(H,20,22)/t9-,11+/m1/s1. The van der Waals surface area contributed by atoms with E-state index >= 15 is 0 Å². The van der Waals surface area contributed by atoms with Gasteiger partial charge in [-0.15, -0.1) is 0 Å². The topological polar surface area (TPSA) is 83.5 Å². The van der Waals surface area contributed by atoms with Crippen LogP contribution in [-0.2, 0) is 15.1 Å². The zero-order valence-electron chi connectivity index (χ0n) is 13.3. The maximum absolute atomic E-state index is 12.4. The van der Waals surface area contributed by atoms with E-state index in [1.807, 2.05) is 13.8 Å². The predicted octanol–water partition coefficient (Wildman–Crippen LogP) is 1.40. The summed E-state index contributed by atoms with van der Waals surface area (Å²) in [6.45, 7) is 6.04. The number of aliphatic hydroxyl groups excluding tert-OH is 1. The number of halogens is 2. The van der Waals surface area contributed by atoms with Crippen molar-refractivity contribution in [2.24, 2.45) is 0 Å². The minimum Gasteiger partial charge on any atom is -0.395 e. The molecule has 1 aromatic heterocycles. The van der Waals surface area contributed by atoms with Crippen molar-refractivity contribution in [3.63, 3.8) is 0 Å². The van der Waals surface area contributed by atoms with Gasteiger partial charge in [0.25, 0.3) is 5.91 Å². The first-order valence-corrected chi connectivity index (χ1v) is 8.10. The number of morpholine rings is 1. The summed E-state index contributed by atoms with van der Waals surface area (Å²) in [6, 6.07) is -0.137. The third-order valence-electron chi connectivity index (χ3n) is 3.83. The average Bonchev–Trinajstić information content (AvgIpc) is 2.52. The lowest BCUT2D eigenvalue weighted by molar-refractivity contribution is -0.138. The molecule has 1 aromatic rings. The van der Waals surface area contributed by atoms with E-state index in [0.29, 0.717) is 22.3 Å². The number of carbonyl (C=O) groups excluding carboxylic acids is 1. The molecule has 3 N–H and O–H groups in total. The summed E-state index contributed by atoms with van der Waals surface area (Å²) in [7, 11) is 0. The number of hydrogen-bond acceptors (Lipinski definition) is 5. The number of rotatable bonds is 4. The van der Waals surface area contributed by atoms with E-state index in [1.165, 1.54) is 6.20 Å². The zero-order chi connectivity index (χ0) is 17.2. The highest BCUT2D eigenvalue weighted by Crippen LogP contribution is 2.31. The highest BCUT2D eigenvalue weighted by Gasteiger charge is 2.33. The second kappa shape index (κ2) is 7.32. The third kappa shape index (κ3) is 4.14. The van der Waals surface area contributed by atoms with E-state index < -0.39 is 11.6 Å². The van der Waals surface area contributed by atoms with Crippen LogP contribution >= 0.6 is 23.2 Å². The molecule has 0 saturated carbocycles. The van der Waals surface area contributed by atoms with Crippen LogP contribution in [0.1, 0.15) is 25.1 Å². The minimum atomic E-state index is -0.777. The monoisotopic (exact) mass is 361 g/mol. The molecule has 0 aromatic carbocycles. The molecule has 6 nitrogen and oxygen atoms in total. The molecule has 0 unspecified atom stereocenters. The summed E-state index contributed by atoms with van der Waals surface area (Å²) in [5.74, 6) is -0.260. The van der Waals surface area contributed by atoms with Crippen molar-refractivity contribution in [2.75, 3.05) is 19.8 Å². The Morgan fingerprint density at radius 1 is 1.57 bits per heavy atom. The van der Waals surface area contributed by atoms with Gasteiger partial charge in [0.1, 0.15) is 6.10 Å². The molecule has 1 amide bonds. The van der Waals surface area contributed by atoms with Crippen LogP contribution in [0.15, 0.2) is 6.20 Å². The molecule has 2 heterocycles. The van der Waals surface area contributed by atoms with Gasteiger partial charge < -0.3 is 20.5 Å². The minimum absolute atomic E-state index is 0.0244. The van der Waals surface area contributed by atoms with Crippen LogP contribution in [0.3, 0.4) is 0 Å². The highest BCUT2D eigenvalue weighted by atomic mass is 35.5. The Labute approximate surface area is 145 Å². The summed E-state index contributed by atoms with van der Waals surface area (Å²) in [5, 5.41) is 15.9. The Balaban J connectivity index is 2.09. The van der Waals surface area contributed by atoms with E-state index in [2.05, 4.69) is 15.6 Å². The van der Waals surface area contributed by atoms with Crippen molar-refractivity contribution in [1.29, 1.82) is 0 Å². The Kier molecular flexibility index (Phi) is 5.86. The van der Waals surface area contributed by atoms with E-state index in [0.717, 1.165) is 5.56 Å². The molecule has 0 spiro atoms. The van der Waals surface area contributed by atoms with E-state index in [-0.39, 0.29) is 25.2 Å². The van der Waals surface area contributed by atoms with Crippen LogP contribution in [0.4, 0.5) is 0 Å². The van der Waals surface area contributed by atoms with Gasteiger partial charge in [0, 0.05) is 12.7 Å². The Morgan fingerprint density at radius 2 is 2.26 bits per heavy atom. The third-order valence-corrected chi connectivity index (χ3v) is 4.68. The second-order valence-electron chi connectivity index (χ2n) is 6.12. The maximum Gasteiger partial charge on any atom is 0.251 e. The van der Waals surface area contributed by atoms with E-state index in [9.17, 15) is 4.79 Å². The lowest BCUT2D eigenvalue weighted by Gasteiger charge is -2.32. The van der Waals surface area contributed by atoms with Crippen molar-refractivity contribution in [2.45, 2.75) is 38.5 Å². The van der Waals surface area contributed by atoms with Gasteiger partial charge in [-0.3, -0.25) is 9.78 Å². The normalized spacial score (nSPS) is 22.0. The SMILES string of the molecule is Cc1c(Cl)cnc(C(C)(C)NC(=O)[C@@H]2CN[C@H](CO)CO2)c1Cl. The number of pyridine rings is 1. The fraction of sp³-hybridized carbons (Fsp3) is 0.600. The van der Waals surface area contributed by atoms with E-state index in [1.54, 1.807) is 6.92 Å². The fourth-order valence-corrected chi connectivity index (χ4v) is 2.93. The van der Waals surface area contributed by atoms with Crippen molar-refractivity contribution < 1.29 is 14.6 Å². The zero-order valence-corrected chi connectivity index (χ0v) is 14.8. The maximum atomic E-state index is 12.4. The number of aromatic nitrogens is 1. The van der Waals surface area contributed by atoms with Gasteiger partial charge in [0.15, 0.2) is 0 Å². The summed E-state index contributed by atoms with van der Waals surface area (Å²) in [4.78, 5) is 16.7. The number of nitrogens with zero attached hydrogens (tertiary/aromatic N) is 1. The van der Waals surface area contributed by atoms with Gasteiger partial charge in [-0.1, -0.05) is 23.2 Å². The van der Waals surface area contributed by atoms with Crippen LogP contribution < -0.4 is 10.6 Å². The van der Waals surface area contributed by atoms with Crippen molar-refractivity contribution >= 4 is 29.1 Å². The second-order valence-corrected chi connectivity index (χ2v) is 6.90. The molecule has 1 aliphatic rings. The summed E-state index contributed by atoms with van der Waals surface area (Å²) >= 11 is 12.3. The molecule has 2 atom stereocenters. The number of aliphatic hydroxyl groups is 1. The van der Waals surface area contributed by atoms with Gasteiger partial charge in [-0.05, 0) is 26.3 Å². The molecular formula is C15H21Cl2N3O3. The molecule has 0 aliphatic carbocycles. The molecule has 128 valence electrons. The molecule has 8 heteroatoms. The van der Waals surface area contributed by atoms with Gasteiger partial charge >= 0.3 is 0 Å². The number of amides is 1. The van der Waals surface area contributed by atoms with E-state index in [4.69, 9.17) is 33.0 Å². The Bertz CT molecular complexity index is 588. The molecule has 0 bridgehead atoms. The smallest absolute Gasteiger partial charge is 0.251 e. The van der Waals surface area contributed by atoms with Gasteiger partial charge in [-0.2, -0.15) is 0 Å². The van der Waals surface area contributed by atoms with Gasteiger partial charge in [0.2, 0.25) is 0 Å². The molecule has 0 radical (unpaired) electrons. The first-order valence-electron chi connectivity index (χ1n) is 7.35. The van der Waals surface area contributed by atoms with Gasteiger partial charge in [0.05, 0.1) is 40.5 Å². The summed E-state index contributed by atoms with van der Waals surface area (Å²) in [5.41, 5.74) is 0.495. The van der Waals surface area contributed by atoms with Gasteiger partial charge in [-0.25, -0.2) is 0 Å². The molecule has 23 heavy (non-hydrogen) atoms. The number of nitrogens with one attached hydrogen (secondary N) is 2. The lowest BCUT2D eigenvalue weighted by atomic mass is 9.97. The Hall–Kier alpha value is -0.920. The molecular weight excluding hydrogens is 341 g/mol. The quantitative estimate of drug-likeness (QED) is 0.754. The van der Waals surface area contributed by atoms with Crippen LogP contribution in [0.2, 0.25) is 10.0 Å². The fourth-order valence-electron chi connectivity index (χ4n) is 2.35. The lowest BCUT2D eigenvalue weighted by Crippen LogP contribution is -2.56. The number of carbonyl (C=O) groups is 1. The molecule has 2 rings (SSSR count). The molecule has 1 saturated heterocycles. The van der Waals surface area contributed by atoms with Crippen molar-refractivity contribution in [3.05, 3.63) is 27.5 Å². The predicted molar refractivity (Wildman–Crippen MR) is 88.8 cm³/mol. The van der Waals surface area contributed by atoms with Crippen LogP contribution in [0.5, 0.6) is 0 Å².